The van der Waals surface area contributed by atoms with E-state index in [0.29, 0.717) is 0 Å². The Morgan fingerprint density at radius 3 is 2.30 bits per heavy atom. The number of carbonyl (C=O) groups is 1. The number of para-hydroxylation sites is 1. The molecule has 0 aliphatic carbocycles. The monoisotopic (exact) mass is 385 g/mol. The van der Waals surface area contributed by atoms with Gasteiger partial charge in [-0.1, -0.05) is 42.5 Å². The van der Waals surface area contributed by atoms with E-state index in [0.717, 1.165) is 27.2 Å². The molecule has 0 bridgehead atoms. The van der Waals surface area contributed by atoms with Crippen LogP contribution in [0.3, 0.4) is 0 Å². The van der Waals surface area contributed by atoms with Crippen molar-refractivity contribution in [3.05, 3.63) is 76.8 Å². The molecule has 0 aliphatic heterocycles. The van der Waals surface area contributed by atoms with E-state index in [-0.39, 0.29) is 5.69 Å². The number of sulfonamides is 1. The molecule has 138 valence electrons. The number of rotatable bonds is 6. The zero-order valence-electron chi connectivity index (χ0n) is 14.0. The van der Waals surface area contributed by atoms with Gasteiger partial charge >= 0.3 is 0 Å². The van der Waals surface area contributed by atoms with Crippen molar-refractivity contribution in [2.45, 2.75) is 4.90 Å². The van der Waals surface area contributed by atoms with Crippen LogP contribution >= 0.6 is 0 Å². The fourth-order valence-electron chi connectivity index (χ4n) is 2.73. The van der Waals surface area contributed by atoms with Crippen LogP contribution in [-0.2, 0) is 14.8 Å². The maximum atomic E-state index is 13.1. The molecule has 2 N–H and O–H groups in total. The van der Waals surface area contributed by atoms with Crippen LogP contribution < -0.4 is 10.0 Å². The van der Waals surface area contributed by atoms with Crippen LogP contribution in [0.4, 0.5) is 11.4 Å². The van der Waals surface area contributed by atoms with E-state index in [2.05, 4.69) is 0 Å². The van der Waals surface area contributed by atoms with Crippen LogP contribution in [-0.4, -0.2) is 25.8 Å². The predicted molar refractivity (Wildman–Crippen MR) is 101 cm³/mol. The number of nitro groups is 1. The smallest absolute Gasteiger partial charge is 0.289 e. The molecule has 0 unspecified atom stereocenters. The summed E-state index contributed by atoms with van der Waals surface area (Å²) in [6.07, 6.45) is 0. The summed E-state index contributed by atoms with van der Waals surface area (Å²) in [6.45, 7) is -0.646. The standard InChI is InChI=1S/C18H15N3O5S/c19-18(22)12-20(15-10-9-13-5-1-2-6-14(13)11-15)27(25,26)17-8-4-3-7-16(17)21(23)24/h1-11H,12H2,(H2,19,22). The highest BCUT2D eigenvalue weighted by atomic mass is 32.2. The molecule has 3 aromatic rings. The molecular weight excluding hydrogens is 370 g/mol. The molecule has 0 heterocycles. The van der Waals surface area contributed by atoms with Gasteiger partial charge in [0.2, 0.25) is 5.91 Å². The SMILES string of the molecule is NC(=O)CN(c1ccc2ccccc2c1)S(=O)(=O)c1ccccc1[N+](=O)[O-]. The molecule has 0 aliphatic rings. The topological polar surface area (TPSA) is 124 Å². The summed E-state index contributed by atoms with van der Waals surface area (Å²) in [7, 11) is -4.40. The van der Waals surface area contributed by atoms with Crippen molar-refractivity contribution in [1.82, 2.24) is 0 Å². The highest BCUT2D eigenvalue weighted by molar-refractivity contribution is 7.93. The first-order valence-electron chi connectivity index (χ1n) is 7.84. The van der Waals surface area contributed by atoms with Gasteiger partial charge in [0.05, 0.1) is 10.6 Å². The Hall–Kier alpha value is -3.46. The highest BCUT2D eigenvalue weighted by Gasteiger charge is 2.32. The molecule has 0 saturated carbocycles. The summed E-state index contributed by atoms with van der Waals surface area (Å²) >= 11 is 0. The number of fused-ring (bicyclic) bond motifs is 1. The van der Waals surface area contributed by atoms with Gasteiger partial charge in [-0.3, -0.25) is 19.2 Å². The van der Waals surface area contributed by atoms with Crippen molar-refractivity contribution in [3.63, 3.8) is 0 Å². The number of carbonyl (C=O) groups excluding carboxylic acids is 1. The van der Waals surface area contributed by atoms with Crippen molar-refractivity contribution < 1.29 is 18.1 Å². The maximum absolute atomic E-state index is 13.1. The summed E-state index contributed by atoms with van der Waals surface area (Å²) in [5, 5.41) is 12.9. The second-order valence-corrected chi connectivity index (χ2v) is 7.57. The van der Waals surface area contributed by atoms with Gasteiger partial charge < -0.3 is 5.73 Å². The Labute approximate surface area is 155 Å². The maximum Gasteiger partial charge on any atom is 0.289 e. The quantitative estimate of drug-likeness (QED) is 0.515. The zero-order valence-corrected chi connectivity index (χ0v) is 14.8. The number of anilines is 1. The van der Waals surface area contributed by atoms with Gasteiger partial charge in [0, 0.05) is 6.07 Å². The molecule has 8 nitrogen and oxygen atoms in total. The number of hydrogen-bond acceptors (Lipinski definition) is 5. The van der Waals surface area contributed by atoms with Crippen molar-refractivity contribution in [2.24, 2.45) is 5.73 Å². The largest absolute Gasteiger partial charge is 0.368 e. The van der Waals surface area contributed by atoms with Crippen molar-refractivity contribution in [2.75, 3.05) is 10.8 Å². The van der Waals surface area contributed by atoms with Gasteiger partial charge in [-0.15, -0.1) is 0 Å². The lowest BCUT2D eigenvalue weighted by atomic mass is 10.1. The second kappa shape index (κ2) is 7.04. The van der Waals surface area contributed by atoms with E-state index < -0.39 is 38.0 Å². The van der Waals surface area contributed by atoms with Gasteiger partial charge in [-0.25, -0.2) is 8.42 Å². The van der Waals surface area contributed by atoms with Crippen LogP contribution in [0.25, 0.3) is 10.8 Å². The number of amides is 1. The molecule has 0 spiro atoms. The third-order valence-corrected chi connectivity index (χ3v) is 5.77. The van der Waals surface area contributed by atoms with Crippen LogP contribution in [0.1, 0.15) is 0 Å². The minimum Gasteiger partial charge on any atom is -0.368 e. The van der Waals surface area contributed by atoms with E-state index in [1.807, 2.05) is 12.1 Å². The van der Waals surface area contributed by atoms with E-state index in [1.165, 1.54) is 18.2 Å². The van der Waals surface area contributed by atoms with Gasteiger partial charge in [0.25, 0.3) is 15.7 Å². The molecule has 0 saturated heterocycles. The average molecular weight is 385 g/mol. The Kier molecular flexibility index (Phi) is 4.78. The summed E-state index contributed by atoms with van der Waals surface area (Å²) < 4.78 is 27.1. The van der Waals surface area contributed by atoms with Crippen molar-refractivity contribution >= 4 is 38.1 Å². The molecule has 27 heavy (non-hydrogen) atoms. The van der Waals surface area contributed by atoms with E-state index in [9.17, 15) is 23.3 Å². The molecule has 0 fully saturated rings. The Bertz CT molecular complexity index is 1140. The molecule has 0 atom stereocenters. The fraction of sp³-hybridized carbons (Fsp3) is 0.0556. The third kappa shape index (κ3) is 3.58. The van der Waals surface area contributed by atoms with Crippen LogP contribution in [0.2, 0.25) is 0 Å². The third-order valence-electron chi connectivity index (χ3n) is 3.95. The molecule has 1 amide bonds. The average Bonchev–Trinajstić information content (AvgIpc) is 2.65. The molecule has 3 rings (SSSR count). The molecule has 9 heteroatoms. The normalized spacial score (nSPS) is 11.3. The lowest BCUT2D eigenvalue weighted by Gasteiger charge is -2.23. The Morgan fingerprint density at radius 1 is 1.00 bits per heavy atom. The van der Waals surface area contributed by atoms with Gasteiger partial charge in [-0.2, -0.15) is 0 Å². The predicted octanol–water partition coefficient (Wildman–Crippen LogP) is 2.43. The summed E-state index contributed by atoms with van der Waals surface area (Å²) in [5.74, 6) is -0.884. The van der Waals surface area contributed by atoms with Crippen molar-refractivity contribution in [1.29, 1.82) is 0 Å². The van der Waals surface area contributed by atoms with Crippen LogP contribution in [0, 0.1) is 10.1 Å². The molecular formula is C18H15N3O5S. The first-order chi connectivity index (χ1) is 12.8. The number of nitro benzene ring substituents is 1. The minimum atomic E-state index is -4.40. The van der Waals surface area contributed by atoms with Crippen molar-refractivity contribution in [3.8, 4) is 0 Å². The first-order valence-corrected chi connectivity index (χ1v) is 9.28. The summed E-state index contributed by atoms with van der Waals surface area (Å²) in [6, 6.07) is 17.1. The molecule has 0 aromatic heterocycles. The van der Waals surface area contributed by atoms with Crippen LogP contribution in [0.15, 0.2) is 71.6 Å². The first kappa shape index (κ1) is 18.3. The summed E-state index contributed by atoms with van der Waals surface area (Å²) in [5.41, 5.74) is 4.85. The molecule has 0 radical (unpaired) electrons. The van der Waals surface area contributed by atoms with Gasteiger partial charge in [0.1, 0.15) is 6.54 Å². The number of primary amides is 1. The Morgan fingerprint density at radius 2 is 1.63 bits per heavy atom. The zero-order chi connectivity index (χ0) is 19.6. The van der Waals surface area contributed by atoms with E-state index >= 15 is 0 Å². The number of nitrogens with zero attached hydrogens (tertiary/aromatic N) is 2. The fourth-order valence-corrected chi connectivity index (χ4v) is 4.32. The number of nitrogens with two attached hydrogens (primary N) is 1. The molecule has 3 aromatic carbocycles. The summed E-state index contributed by atoms with van der Waals surface area (Å²) in [4.78, 5) is 21.5. The highest BCUT2D eigenvalue weighted by Crippen LogP contribution is 2.31. The van der Waals surface area contributed by atoms with Crippen LogP contribution in [0.5, 0.6) is 0 Å². The second-order valence-electron chi connectivity index (χ2n) is 5.73. The van der Waals surface area contributed by atoms with Gasteiger partial charge in [-0.05, 0) is 29.0 Å². The number of benzene rings is 3. The lowest BCUT2D eigenvalue weighted by molar-refractivity contribution is -0.387. The van der Waals surface area contributed by atoms with Gasteiger partial charge in [0.15, 0.2) is 4.90 Å². The minimum absolute atomic E-state index is 0.186. The van der Waals surface area contributed by atoms with E-state index in [4.69, 9.17) is 5.73 Å². The lowest BCUT2D eigenvalue weighted by Crippen LogP contribution is -2.38. The Balaban J connectivity index is 2.19. The number of hydrogen-bond donors (Lipinski definition) is 1. The van der Waals surface area contributed by atoms with E-state index in [1.54, 1.807) is 24.3 Å².